The van der Waals surface area contributed by atoms with Crippen molar-refractivity contribution in [2.45, 2.75) is 19.3 Å². The molecule has 0 aliphatic heterocycles. The van der Waals surface area contributed by atoms with E-state index in [0.717, 1.165) is 12.5 Å². The minimum atomic E-state index is 0.721. The van der Waals surface area contributed by atoms with Gasteiger partial charge in [0, 0.05) is 11.9 Å². The summed E-state index contributed by atoms with van der Waals surface area (Å²) in [4.78, 5) is 3.26. The van der Waals surface area contributed by atoms with Gasteiger partial charge in [0.25, 0.3) is 0 Å². The molecule has 1 aliphatic rings. The fourth-order valence-corrected chi connectivity index (χ4v) is 1.82. The highest BCUT2D eigenvalue weighted by Gasteiger charge is 2.17. The second-order valence-corrected chi connectivity index (χ2v) is 3.33. The Balaban J connectivity index is 2.18. The van der Waals surface area contributed by atoms with Crippen molar-refractivity contribution < 1.29 is 0 Å². The molecule has 1 aromatic heterocycles. The largest absolute Gasteiger partial charge is 0.365 e. The lowest BCUT2D eigenvalue weighted by molar-refractivity contribution is 0.466. The summed E-state index contributed by atoms with van der Waals surface area (Å²) in [5.41, 5.74) is 8.52. The molecule has 3 N–H and O–H groups in total. The zero-order valence-corrected chi connectivity index (χ0v) is 6.64. The Bertz CT molecular complexity index is 239. The van der Waals surface area contributed by atoms with Gasteiger partial charge < -0.3 is 10.7 Å². The van der Waals surface area contributed by atoms with E-state index < -0.39 is 0 Å². The van der Waals surface area contributed by atoms with Crippen LogP contribution in [0.2, 0.25) is 0 Å². The number of nitrogens with one attached hydrogen (secondary N) is 1. The molecule has 0 spiro atoms. The standard InChI is InChI=1S/C9H14N2/c10-6-7-1-2-9-8(5-7)3-4-11-9/h3-4,7,11H,1-2,5-6,10H2. The van der Waals surface area contributed by atoms with E-state index in [1.54, 1.807) is 0 Å². The Morgan fingerprint density at radius 3 is 3.36 bits per heavy atom. The summed E-state index contributed by atoms with van der Waals surface area (Å²) >= 11 is 0. The summed E-state index contributed by atoms with van der Waals surface area (Å²) in [6.07, 6.45) is 5.65. The molecule has 1 aliphatic carbocycles. The maximum Gasteiger partial charge on any atom is 0.0179 e. The molecule has 11 heavy (non-hydrogen) atoms. The Hall–Kier alpha value is -0.760. The third kappa shape index (κ3) is 1.18. The van der Waals surface area contributed by atoms with Crippen LogP contribution in [0.25, 0.3) is 0 Å². The van der Waals surface area contributed by atoms with Gasteiger partial charge in [0.2, 0.25) is 0 Å². The lowest BCUT2D eigenvalue weighted by atomic mass is 9.88. The average Bonchev–Trinajstić information content (AvgIpc) is 2.50. The SMILES string of the molecule is NCC1CCc2[nH]ccc2C1. The molecule has 1 atom stereocenters. The lowest BCUT2D eigenvalue weighted by Crippen LogP contribution is -2.21. The summed E-state index contributed by atoms with van der Waals surface area (Å²) in [5, 5.41) is 0. The molecule has 2 heteroatoms. The van der Waals surface area contributed by atoms with E-state index in [2.05, 4.69) is 11.1 Å². The number of aromatic amines is 1. The number of hydrogen-bond donors (Lipinski definition) is 2. The first-order chi connectivity index (χ1) is 5.40. The first-order valence-corrected chi connectivity index (χ1v) is 4.25. The van der Waals surface area contributed by atoms with Gasteiger partial charge in [0.1, 0.15) is 0 Å². The van der Waals surface area contributed by atoms with Gasteiger partial charge in [-0.1, -0.05) is 0 Å². The van der Waals surface area contributed by atoms with Crippen LogP contribution in [0.3, 0.4) is 0 Å². The van der Waals surface area contributed by atoms with Gasteiger partial charge in [0.05, 0.1) is 0 Å². The van der Waals surface area contributed by atoms with Crippen molar-refractivity contribution in [2.75, 3.05) is 6.54 Å². The van der Waals surface area contributed by atoms with Gasteiger partial charge in [0.15, 0.2) is 0 Å². The van der Waals surface area contributed by atoms with Crippen LogP contribution >= 0.6 is 0 Å². The molecule has 0 bridgehead atoms. The maximum atomic E-state index is 5.62. The van der Waals surface area contributed by atoms with E-state index in [1.165, 1.54) is 30.5 Å². The number of H-pyrrole nitrogens is 1. The molecule has 0 saturated carbocycles. The zero-order valence-electron chi connectivity index (χ0n) is 6.64. The van der Waals surface area contributed by atoms with Crippen molar-refractivity contribution in [1.82, 2.24) is 4.98 Å². The molecular formula is C9H14N2. The highest BCUT2D eigenvalue weighted by Crippen LogP contribution is 2.23. The summed E-state index contributed by atoms with van der Waals surface area (Å²) in [7, 11) is 0. The minimum Gasteiger partial charge on any atom is -0.365 e. The fourth-order valence-electron chi connectivity index (χ4n) is 1.82. The van der Waals surface area contributed by atoms with E-state index in [0.29, 0.717) is 0 Å². The Kier molecular flexibility index (Phi) is 1.70. The van der Waals surface area contributed by atoms with Crippen molar-refractivity contribution in [3.8, 4) is 0 Å². The molecule has 0 saturated heterocycles. The van der Waals surface area contributed by atoms with Crippen LogP contribution in [0.5, 0.6) is 0 Å². The molecule has 0 radical (unpaired) electrons. The van der Waals surface area contributed by atoms with Crippen LogP contribution in [-0.4, -0.2) is 11.5 Å². The third-order valence-corrected chi connectivity index (χ3v) is 2.57. The normalized spacial score (nSPS) is 23.2. The van der Waals surface area contributed by atoms with Crippen LogP contribution in [0.4, 0.5) is 0 Å². The van der Waals surface area contributed by atoms with Gasteiger partial charge in [-0.05, 0) is 43.4 Å². The number of rotatable bonds is 1. The molecule has 1 heterocycles. The van der Waals surface area contributed by atoms with Crippen LogP contribution in [-0.2, 0) is 12.8 Å². The second kappa shape index (κ2) is 2.70. The first-order valence-electron chi connectivity index (χ1n) is 4.25. The smallest absolute Gasteiger partial charge is 0.0179 e. The van der Waals surface area contributed by atoms with Crippen molar-refractivity contribution in [1.29, 1.82) is 0 Å². The topological polar surface area (TPSA) is 41.8 Å². The molecule has 2 nitrogen and oxygen atoms in total. The third-order valence-electron chi connectivity index (χ3n) is 2.57. The van der Waals surface area contributed by atoms with Crippen molar-refractivity contribution in [2.24, 2.45) is 11.7 Å². The summed E-state index contributed by atoms with van der Waals surface area (Å²) in [5.74, 6) is 0.721. The van der Waals surface area contributed by atoms with Gasteiger partial charge in [-0.2, -0.15) is 0 Å². The molecule has 2 rings (SSSR count). The van der Waals surface area contributed by atoms with Crippen LogP contribution < -0.4 is 5.73 Å². The summed E-state index contributed by atoms with van der Waals surface area (Å²) < 4.78 is 0. The molecule has 1 unspecified atom stereocenters. The number of aromatic nitrogens is 1. The lowest BCUT2D eigenvalue weighted by Gasteiger charge is -2.19. The van der Waals surface area contributed by atoms with E-state index in [-0.39, 0.29) is 0 Å². The van der Waals surface area contributed by atoms with E-state index >= 15 is 0 Å². The molecule has 0 fully saturated rings. The predicted molar refractivity (Wildman–Crippen MR) is 45.4 cm³/mol. The van der Waals surface area contributed by atoms with E-state index in [1.807, 2.05) is 6.20 Å². The Morgan fingerprint density at radius 1 is 1.64 bits per heavy atom. The van der Waals surface area contributed by atoms with Crippen LogP contribution in [0.15, 0.2) is 12.3 Å². The number of nitrogens with two attached hydrogens (primary N) is 1. The number of aryl methyl sites for hydroxylation is 1. The van der Waals surface area contributed by atoms with E-state index in [9.17, 15) is 0 Å². The second-order valence-electron chi connectivity index (χ2n) is 3.33. The van der Waals surface area contributed by atoms with Crippen molar-refractivity contribution in [3.63, 3.8) is 0 Å². The fraction of sp³-hybridized carbons (Fsp3) is 0.556. The van der Waals surface area contributed by atoms with Crippen LogP contribution in [0.1, 0.15) is 17.7 Å². The summed E-state index contributed by atoms with van der Waals surface area (Å²) in [6, 6.07) is 2.18. The first kappa shape index (κ1) is 6.92. The van der Waals surface area contributed by atoms with Gasteiger partial charge in [-0.25, -0.2) is 0 Å². The predicted octanol–water partition coefficient (Wildman–Crippen LogP) is 1.08. The Morgan fingerprint density at radius 2 is 2.55 bits per heavy atom. The molecule has 0 aromatic carbocycles. The number of hydrogen-bond acceptors (Lipinski definition) is 1. The highest BCUT2D eigenvalue weighted by molar-refractivity contribution is 5.23. The quantitative estimate of drug-likeness (QED) is 0.618. The number of fused-ring (bicyclic) bond motifs is 1. The molecular weight excluding hydrogens is 136 g/mol. The average molecular weight is 150 g/mol. The minimum absolute atomic E-state index is 0.721. The van der Waals surface area contributed by atoms with E-state index in [4.69, 9.17) is 5.73 Å². The van der Waals surface area contributed by atoms with Crippen molar-refractivity contribution >= 4 is 0 Å². The van der Waals surface area contributed by atoms with Gasteiger partial charge in [-0.3, -0.25) is 0 Å². The van der Waals surface area contributed by atoms with Crippen LogP contribution in [0, 0.1) is 5.92 Å². The molecule has 60 valence electrons. The molecule has 1 aromatic rings. The molecule has 0 amide bonds. The summed E-state index contributed by atoms with van der Waals surface area (Å²) in [6.45, 7) is 0.838. The Labute approximate surface area is 66.8 Å². The maximum absolute atomic E-state index is 5.62. The zero-order chi connectivity index (χ0) is 7.68. The highest BCUT2D eigenvalue weighted by atomic mass is 14.7. The van der Waals surface area contributed by atoms with Gasteiger partial charge in [-0.15, -0.1) is 0 Å². The van der Waals surface area contributed by atoms with Crippen molar-refractivity contribution in [3.05, 3.63) is 23.5 Å². The van der Waals surface area contributed by atoms with Gasteiger partial charge >= 0.3 is 0 Å². The monoisotopic (exact) mass is 150 g/mol.